The monoisotopic (exact) mass is 545 g/mol. The number of hydrogen-bond acceptors (Lipinski definition) is 6. The number of aryl methyl sites for hydroxylation is 1. The predicted octanol–water partition coefficient (Wildman–Crippen LogP) is 7.67. The van der Waals surface area contributed by atoms with Crippen molar-refractivity contribution in [1.29, 1.82) is 5.26 Å². The van der Waals surface area contributed by atoms with Crippen LogP contribution >= 0.6 is 0 Å². The van der Waals surface area contributed by atoms with Crippen LogP contribution in [0.25, 0.3) is 0 Å². The first kappa shape index (κ1) is 29.0. The highest BCUT2D eigenvalue weighted by Gasteiger charge is 2.63. The third-order valence-corrected chi connectivity index (χ3v) is 12.3. The molecule has 2 fully saturated rings. The molecule has 2 saturated carbocycles. The van der Waals surface area contributed by atoms with Crippen molar-refractivity contribution in [1.82, 2.24) is 10.2 Å². The molecule has 4 aliphatic rings. The van der Waals surface area contributed by atoms with Gasteiger partial charge in [0.2, 0.25) is 11.8 Å². The molecule has 0 spiro atoms. The largest absolute Gasteiger partial charge is 0.426 e. The molecule has 216 valence electrons. The zero-order valence-corrected chi connectivity index (χ0v) is 25.9. The zero-order chi connectivity index (χ0) is 29.4. The van der Waals surface area contributed by atoms with Crippen LogP contribution in [0.3, 0.4) is 0 Å². The van der Waals surface area contributed by atoms with E-state index in [2.05, 4.69) is 50.9 Å². The highest BCUT2D eigenvalue weighted by atomic mass is 16.4. The molecule has 0 unspecified atom stereocenters. The standard InChI is InChI=1S/C34H47N3O3/c1-22-36-37-27(40-22)20-34(14-11-29(2,3)12-15-34)16-13-31(6)19-24(38)17-26-32(7)18-23(21-35)28(39)30(4,5)25(32)9-10-33(26,31)8/h17-18,25H,9-16,19-20H2,1-8H3/t25-,31+,32-,33+/m0/s1. The minimum absolute atomic E-state index is 0.0618. The Bertz CT molecular complexity index is 1330. The molecule has 0 bridgehead atoms. The summed E-state index contributed by atoms with van der Waals surface area (Å²) < 4.78 is 5.88. The van der Waals surface area contributed by atoms with Crippen LogP contribution in [0.5, 0.6) is 0 Å². The summed E-state index contributed by atoms with van der Waals surface area (Å²) in [6.45, 7) is 17.4. The number of carbonyl (C=O) groups is 2. The summed E-state index contributed by atoms with van der Waals surface area (Å²) in [5, 5.41) is 18.4. The van der Waals surface area contributed by atoms with E-state index in [0.29, 0.717) is 17.7 Å². The Morgan fingerprint density at radius 2 is 1.65 bits per heavy atom. The Hall–Kier alpha value is -2.55. The first-order valence-electron chi connectivity index (χ1n) is 15.2. The van der Waals surface area contributed by atoms with Crippen molar-refractivity contribution in [3.05, 3.63) is 35.1 Å². The summed E-state index contributed by atoms with van der Waals surface area (Å²) in [5.41, 5.74) is 0.225. The second-order valence-corrected chi connectivity index (χ2v) is 15.7. The Kier molecular flexibility index (Phi) is 6.68. The lowest BCUT2D eigenvalue weighted by Gasteiger charge is -2.63. The number of ketones is 2. The smallest absolute Gasteiger partial charge is 0.217 e. The molecule has 0 saturated heterocycles. The second kappa shape index (κ2) is 9.23. The fourth-order valence-electron chi connectivity index (χ4n) is 9.23. The topological polar surface area (TPSA) is 96.9 Å². The van der Waals surface area contributed by atoms with Gasteiger partial charge in [-0.2, -0.15) is 5.26 Å². The van der Waals surface area contributed by atoms with E-state index in [9.17, 15) is 14.9 Å². The molecule has 0 aromatic carbocycles. The van der Waals surface area contributed by atoms with Gasteiger partial charge in [0, 0.05) is 30.6 Å². The van der Waals surface area contributed by atoms with Crippen molar-refractivity contribution >= 4 is 11.6 Å². The molecular formula is C34H47N3O3. The molecule has 4 aliphatic carbocycles. The number of carbonyl (C=O) groups excluding carboxylic acids is 2. The Morgan fingerprint density at radius 1 is 0.975 bits per heavy atom. The molecule has 6 heteroatoms. The highest BCUT2D eigenvalue weighted by molar-refractivity contribution is 6.04. The maximum Gasteiger partial charge on any atom is 0.217 e. The summed E-state index contributed by atoms with van der Waals surface area (Å²) in [7, 11) is 0. The lowest BCUT2D eigenvalue weighted by atomic mass is 9.40. The minimum Gasteiger partial charge on any atom is -0.426 e. The van der Waals surface area contributed by atoms with Gasteiger partial charge >= 0.3 is 0 Å². The molecule has 4 atom stereocenters. The van der Waals surface area contributed by atoms with Crippen LogP contribution in [-0.2, 0) is 16.0 Å². The van der Waals surface area contributed by atoms with Gasteiger partial charge in [0.15, 0.2) is 11.6 Å². The van der Waals surface area contributed by atoms with Crippen molar-refractivity contribution < 1.29 is 14.0 Å². The summed E-state index contributed by atoms with van der Waals surface area (Å²) in [6.07, 6.45) is 13.5. The van der Waals surface area contributed by atoms with Crippen LogP contribution in [0.15, 0.2) is 27.7 Å². The van der Waals surface area contributed by atoms with E-state index in [1.165, 1.54) is 12.8 Å². The van der Waals surface area contributed by atoms with Gasteiger partial charge < -0.3 is 4.42 Å². The molecule has 0 aliphatic heterocycles. The Morgan fingerprint density at radius 3 is 2.25 bits per heavy atom. The molecule has 0 radical (unpaired) electrons. The van der Waals surface area contributed by atoms with Crippen LogP contribution in [0.1, 0.15) is 118 Å². The fourth-order valence-corrected chi connectivity index (χ4v) is 9.23. The lowest BCUT2D eigenvalue weighted by molar-refractivity contribution is -0.133. The molecule has 0 amide bonds. The quantitative estimate of drug-likeness (QED) is 0.376. The average molecular weight is 546 g/mol. The number of rotatable bonds is 5. The van der Waals surface area contributed by atoms with Crippen LogP contribution in [0.4, 0.5) is 0 Å². The van der Waals surface area contributed by atoms with E-state index in [0.717, 1.165) is 56.4 Å². The molecule has 40 heavy (non-hydrogen) atoms. The third-order valence-electron chi connectivity index (χ3n) is 12.3. The SMILES string of the molecule is Cc1nnc(CC2(CC[C@]3(C)CC(=O)C=C4[C@@]5(C)C=C(C#N)C(=O)C(C)(C)[C@@H]5CC[C@]43C)CCC(C)(C)CC2)o1. The van der Waals surface area contributed by atoms with Gasteiger partial charge in [0.1, 0.15) is 6.07 Å². The minimum atomic E-state index is -0.644. The molecule has 5 rings (SSSR count). The highest BCUT2D eigenvalue weighted by Crippen LogP contribution is 2.69. The molecular weight excluding hydrogens is 498 g/mol. The van der Waals surface area contributed by atoms with E-state index in [-0.39, 0.29) is 39.3 Å². The van der Waals surface area contributed by atoms with Crippen molar-refractivity contribution in [3.8, 4) is 6.07 Å². The van der Waals surface area contributed by atoms with E-state index < -0.39 is 10.8 Å². The summed E-state index contributed by atoms with van der Waals surface area (Å²) in [5.74, 6) is 1.50. The number of nitrogens with zero attached hydrogens (tertiary/aromatic N) is 3. The van der Waals surface area contributed by atoms with Crippen LogP contribution in [0, 0.1) is 56.7 Å². The van der Waals surface area contributed by atoms with Crippen molar-refractivity contribution in [3.63, 3.8) is 0 Å². The van der Waals surface area contributed by atoms with Crippen molar-refractivity contribution in [2.45, 2.75) is 120 Å². The maximum absolute atomic E-state index is 13.5. The van der Waals surface area contributed by atoms with Crippen molar-refractivity contribution in [2.24, 2.45) is 38.4 Å². The first-order valence-corrected chi connectivity index (χ1v) is 15.2. The molecule has 1 aromatic heterocycles. The molecule has 0 N–H and O–H groups in total. The van der Waals surface area contributed by atoms with Gasteiger partial charge in [0.25, 0.3) is 0 Å². The number of aromatic nitrogens is 2. The van der Waals surface area contributed by atoms with Crippen molar-refractivity contribution in [2.75, 3.05) is 0 Å². The Balaban J connectivity index is 1.50. The van der Waals surface area contributed by atoms with Gasteiger partial charge in [-0.15, -0.1) is 10.2 Å². The van der Waals surface area contributed by atoms with E-state index >= 15 is 0 Å². The Labute approximate surface area is 240 Å². The van der Waals surface area contributed by atoms with Crippen LogP contribution < -0.4 is 0 Å². The molecule has 1 heterocycles. The van der Waals surface area contributed by atoms with E-state index in [1.54, 1.807) is 0 Å². The first-order chi connectivity index (χ1) is 18.5. The summed E-state index contributed by atoms with van der Waals surface area (Å²) in [6, 6.07) is 2.19. The summed E-state index contributed by atoms with van der Waals surface area (Å²) in [4.78, 5) is 26.7. The average Bonchev–Trinajstić information content (AvgIpc) is 3.28. The predicted molar refractivity (Wildman–Crippen MR) is 154 cm³/mol. The molecule has 6 nitrogen and oxygen atoms in total. The number of nitriles is 1. The van der Waals surface area contributed by atoms with Crippen LogP contribution in [0.2, 0.25) is 0 Å². The number of allylic oxidation sites excluding steroid dienone is 4. The van der Waals surface area contributed by atoms with Gasteiger partial charge in [-0.1, -0.05) is 60.1 Å². The van der Waals surface area contributed by atoms with Gasteiger partial charge in [0.05, 0.1) is 5.57 Å². The third kappa shape index (κ3) is 4.43. The second-order valence-electron chi connectivity index (χ2n) is 15.7. The van der Waals surface area contributed by atoms with E-state index in [1.807, 2.05) is 32.9 Å². The number of hydrogen-bond donors (Lipinski definition) is 0. The van der Waals surface area contributed by atoms with Crippen LogP contribution in [-0.4, -0.2) is 21.8 Å². The van der Waals surface area contributed by atoms with Gasteiger partial charge in [-0.25, -0.2) is 0 Å². The number of Topliss-reactive ketones (excluding diaryl/α,β-unsaturated/α-hetero) is 1. The lowest BCUT2D eigenvalue weighted by Crippen LogP contribution is -2.57. The number of fused-ring (bicyclic) bond motifs is 3. The van der Waals surface area contributed by atoms with Gasteiger partial charge in [-0.05, 0) is 85.0 Å². The zero-order valence-electron chi connectivity index (χ0n) is 25.9. The van der Waals surface area contributed by atoms with Gasteiger partial charge in [-0.3, -0.25) is 9.59 Å². The normalized spacial score (nSPS) is 36.1. The van der Waals surface area contributed by atoms with E-state index in [4.69, 9.17) is 4.42 Å². The fraction of sp³-hybridized carbons (Fsp3) is 0.735. The maximum atomic E-state index is 13.5. The molecule has 1 aromatic rings. The summed E-state index contributed by atoms with van der Waals surface area (Å²) >= 11 is 0.